The van der Waals surface area contributed by atoms with Gasteiger partial charge in [-0.25, -0.2) is 4.79 Å². The first-order valence-electron chi connectivity index (χ1n) is 7.30. The summed E-state index contributed by atoms with van der Waals surface area (Å²) in [6.45, 7) is 0. The zero-order chi connectivity index (χ0) is 20.2. The number of carbonyl (C=O) groups is 2. The first kappa shape index (κ1) is 20.3. The highest BCUT2D eigenvalue weighted by atomic mass is 19.4. The second kappa shape index (κ2) is 7.68. The van der Waals surface area contributed by atoms with Gasteiger partial charge >= 0.3 is 24.2 Å². The average Bonchev–Trinajstić information content (AvgIpc) is 2.61. The van der Waals surface area contributed by atoms with Crippen LogP contribution in [-0.2, 0) is 14.3 Å². The summed E-state index contributed by atoms with van der Waals surface area (Å²) in [5, 5.41) is 0. The predicted molar refractivity (Wildman–Crippen MR) is 81.3 cm³/mol. The zero-order valence-corrected chi connectivity index (χ0v) is 13.3. The normalized spacial score (nSPS) is 13.0. The van der Waals surface area contributed by atoms with E-state index in [-0.39, 0.29) is 10.5 Å². The van der Waals surface area contributed by atoms with Crippen LogP contribution in [0.15, 0.2) is 60.7 Å². The average molecular weight is 391 g/mol. The van der Waals surface area contributed by atoms with Gasteiger partial charge in [0.1, 0.15) is 0 Å². The standard InChI is InChI=1S/C17H11F6NO3/c18-16(19,20)14(25)24(12-9-5-2-6-10-12)13(11-7-3-1-4-8-11)27-15(26)17(21,22)23/h1-10,13H. The molecule has 0 aliphatic heterocycles. The molecule has 0 aliphatic carbocycles. The monoisotopic (exact) mass is 391 g/mol. The van der Waals surface area contributed by atoms with E-state index >= 15 is 0 Å². The lowest BCUT2D eigenvalue weighted by atomic mass is 10.1. The van der Waals surface area contributed by atoms with Crippen molar-refractivity contribution < 1.29 is 40.7 Å². The SMILES string of the molecule is O=C(OC(c1ccccc1)N(C(=O)C(F)(F)F)c1ccccc1)C(F)(F)F. The van der Waals surface area contributed by atoms with E-state index in [9.17, 15) is 35.9 Å². The zero-order valence-electron chi connectivity index (χ0n) is 13.3. The smallest absolute Gasteiger partial charge is 0.430 e. The number of benzene rings is 2. The number of para-hydroxylation sites is 1. The molecule has 27 heavy (non-hydrogen) atoms. The number of carbonyl (C=O) groups excluding carboxylic acids is 2. The van der Waals surface area contributed by atoms with Gasteiger partial charge in [-0.15, -0.1) is 0 Å². The number of hydrogen-bond acceptors (Lipinski definition) is 3. The number of esters is 1. The van der Waals surface area contributed by atoms with Crippen LogP contribution in [0.5, 0.6) is 0 Å². The first-order valence-corrected chi connectivity index (χ1v) is 7.30. The molecule has 0 heterocycles. The Morgan fingerprint density at radius 3 is 1.70 bits per heavy atom. The summed E-state index contributed by atoms with van der Waals surface area (Å²) < 4.78 is 81.4. The Balaban J connectivity index is 2.59. The molecule has 0 fully saturated rings. The molecule has 1 atom stereocenters. The van der Waals surface area contributed by atoms with Crippen LogP contribution in [0.1, 0.15) is 11.8 Å². The molecule has 0 bridgehead atoms. The van der Waals surface area contributed by atoms with Gasteiger partial charge in [-0.1, -0.05) is 48.5 Å². The van der Waals surface area contributed by atoms with Crippen molar-refractivity contribution in [1.29, 1.82) is 0 Å². The van der Waals surface area contributed by atoms with Crippen LogP contribution in [0.25, 0.3) is 0 Å². The Labute approximate surface area is 149 Å². The van der Waals surface area contributed by atoms with Crippen molar-refractivity contribution in [3.05, 3.63) is 66.2 Å². The van der Waals surface area contributed by atoms with E-state index in [1.807, 2.05) is 0 Å². The number of nitrogens with zero attached hydrogens (tertiary/aromatic N) is 1. The summed E-state index contributed by atoms with van der Waals surface area (Å²) in [7, 11) is 0. The quantitative estimate of drug-likeness (QED) is 0.441. The molecule has 4 nitrogen and oxygen atoms in total. The first-order chi connectivity index (χ1) is 12.5. The lowest BCUT2D eigenvalue weighted by molar-refractivity contribution is -0.206. The Hall–Kier alpha value is -3.04. The van der Waals surface area contributed by atoms with Crippen LogP contribution in [0.2, 0.25) is 0 Å². The van der Waals surface area contributed by atoms with Crippen molar-refractivity contribution >= 4 is 17.6 Å². The molecule has 0 spiro atoms. The highest BCUT2D eigenvalue weighted by molar-refractivity contribution is 5.98. The molecule has 144 valence electrons. The van der Waals surface area contributed by atoms with Gasteiger partial charge in [0.25, 0.3) is 0 Å². The third-order valence-electron chi connectivity index (χ3n) is 3.27. The molecule has 2 rings (SSSR count). The van der Waals surface area contributed by atoms with Gasteiger partial charge in [0.15, 0.2) is 0 Å². The Morgan fingerprint density at radius 2 is 1.26 bits per heavy atom. The molecule has 0 aromatic heterocycles. The lowest BCUT2D eigenvalue weighted by Crippen LogP contribution is -2.46. The van der Waals surface area contributed by atoms with Crippen molar-refractivity contribution in [1.82, 2.24) is 0 Å². The molecule has 0 saturated heterocycles. The van der Waals surface area contributed by atoms with E-state index in [1.165, 1.54) is 36.4 Å². The summed E-state index contributed by atoms with van der Waals surface area (Å²) >= 11 is 0. The molecule has 0 N–H and O–H groups in total. The Bertz CT molecular complexity index is 790. The second-order valence-corrected chi connectivity index (χ2v) is 5.17. The van der Waals surface area contributed by atoms with Gasteiger partial charge in [0, 0.05) is 11.3 Å². The molecule has 1 amide bonds. The summed E-state index contributed by atoms with van der Waals surface area (Å²) in [6.07, 6.45) is -13.2. The van der Waals surface area contributed by atoms with Gasteiger partial charge < -0.3 is 4.74 Å². The molecule has 1 unspecified atom stereocenters. The van der Waals surface area contributed by atoms with Gasteiger partial charge in [0.2, 0.25) is 6.23 Å². The van der Waals surface area contributed by atoms with E-state index in [4.69, 9.17) is 0 Å². The maximum Gasteiger partial charge on any atom is 0.491 e. The summed E-state index contributed by atoms with van der Waals surface area (Å²) in [5.41, 5.74) is -0.653. The van der Waals surface area contributed by atoms with Crippen LogP contribution < -0.4 is 4.90 Å². The number of alkyl halides is 6. The summed E-state index contributed by atoms with van der Waals surface area (Å²) in [6, 6.07) is 12.5. The summed E-state index contributed by atoms with van der Waals surface area (Å²) in [4.78, 5) is 23.2. The second-order valence-electron chi connectivity index (χ2n) is 5.17. The van der Waals surface area contributed by atoms with E-state index in [2.05, 4.69) is 4.74 Å². The topological polar surface area (TPSA) is 46.6 Å². The van der Waals surface area contributed by atoms with Crippen LogP contribution in [0, 0.1) is 0 Å². The number of anilines is 1. The minimum absolute atomic E-state index is 0.0427. The molecular weight excluding hydrogens is 380 g/mol. The molecule has 2 aromatic rings. The molecule has 10 heteroatoms. The Kier molecular flexibility index (Phi) is 5.77. The molecule has 0 aliphatic rings. The van der Waals surface area contributed by atoms with E-state index in [0.717, 1.165) is 24.3 Å². The van der Waals surface area contributed by atoms with Gasteiger partial charge in [-0.3, -0.25) is 9.69 Å². The maximum absolute atomic E-state index is 13.1. The van der Waals surface area contributed by atoms with Gasteiger partial charge in [-0.2, -0.15) is 26.3 Å². The van der Waals surface area contributed by atoms with E-state index in [1.54, 1.807) is 0 Å². The lowest BCUT2D eigenvalue weighted by Gasteiger charge is -2.32. The van der Waals surface area contributed by atoms with Crippen molar-refractivity contribution in [3.63, 3.8) is 0 Å². The minimum Gasteiger partial charge on any atom is -0.430 e. The van der Waals surface area contributed by atoms with Gasteiger partial charge in [-0.05, 0) is 12.1 Å². The summed E-state index contributed by atoms with van der Waals surface area (Å²) in [5.74, 6) is -5.22. The number of ether oxygens (including phenoxy) is 1. The third-order valence-corrected chi connectivity index (χ3v) is 3.27. The largest absolute Gasteiger partial charge is 0.491 e. The molecular formula is C17H11F6NO3. The highest BCUT2D eigenvalue weighted by Gasteiger charge is 2.49. The minimum atomic E-state index is -5.46. The number of hydrogen-bond donors (Lipinski definition) is 0. The number of amides is 1. The highest BCUT2D eigenvalue weighted by Crippen LogP contribution is 2.34. The van der Waals surface area contributed by atoms with Gasteiger partial charge in [0.05, 0.1) is 0 Å². The number of rotatable bonds is 4. The van der Waals surface area contributed by atoms with Crippen LogP contribution in [0.3, 0.4) is 0 Å². The van der Waals surface area contributed by atoms with Crippen molar-refractivity contribution in [3.8, 4) is 0 Å². The molecule has 2 aromatic carbocycles. The van der Waals surface area contributed by atoms with Crippen molar-refractivity contribution in [2.24, 2.45) is 0 Å². The third kappa shape index (κ3) is 4.99. The Morgan fingerprint density at radius 1 is 0.778 bits per heavy atom. The fourth-order valence-corrected chi connectivity index (χ4v) is 2.14. The van der Waals surface area contributed by atoms with Crippen molar-refractivity contribution in [2.75, 3.05) is 4.90 Å². The number of halogens is 6. The molecule has 0 radical (unpaired) electrons. The van der Waals surface area contributed by atoms with E-state index < -0.39 is 36.1 Å². The van der Waals surface area contributed by atoms with Crippen LogP contribution >= 0.6 is 0 Å². The fraction of sp³-hybridized carbons (Fsp3) is 0.176. The fourth-order valence-electron chi connectivity index (χ4n) is 2.14. The van der Waals surface area contributed by atoms with Crippen molar-refractivity contribution in [2.45, 2.75) is 18.6 Å². The molecule has 0 saturated carbocycles. The van der Waals surface area contributed by atoms with Crippen LogP contribution in [-0.4, -0.2) is 24.2 Å². The van der Waals surface area contributed by atoms with E-state index in [0.29, 0.717) is 0 Å². The predicted octanol–water partition coefficient (Wildman–Crippen LogP) is 4.39. The maximum atomic E-state index is 13.1. The van der Waals surface area contributed by atoms with Crippen LogP contribution in [0.4, 0.5) is 32.0 Å².